The molecule has 0 fully saturated rings. The SMILES string of the molecule is Cc1cc(-c2nc(-c3ccc(C(F)(F)F)cc3)[nH]c2C)ccc1OCc1ccccc1. The van der Waals surface area contributed by atoms with Crippen molar-refractivity contribution in [2.75, 3.05) is 0 Å². The summed E-state index contributed by atoms with van der Waals surface area (Å²) >= 11 is 0. The van der Waals surface area contributed by atoms with Gasteiger partial charge in [0.1, 0.15) is 18.2 Å². The lowest BCUT2D eigenvalue weighted by atomic mass is 10.1. The predicted molar refractivity (Wildman–Crippen MR) is 115 cm³/mol. The van der Waals surface area contributed by atoms with E-state index in [9.17, 15) is 13.2 Å². The third-order valence-electron chi connectivity index (χ3n) is 5.06. The van der Waals surface area contributed by atoms with E-state index in [0.717, 1.165) is 46.0 Å². The lowest BCUT2D eigenvalue weighted by Crippen LogP contribution is -2.04. The van der Waals surface area contributed by atoms with Crippen LogP contribution < -0.4 is 4.74 Å². The number of benzene rings is 3. The maximum Gasteiger partial charge on any atom is 0.416 e. The minimum Gasteiger partial charge on any atom is -0.489 e. The maximum atomic E-state index is 12.8. The normalized spacial score (nSPS) is 11.5. The van der Waals surface area contributed by atoms with Gasteiger partial charge in [-0.15, -0.1) is 0 Å². The number of hydrogen-bond acceptors (Lipinski definition) is 2. The molecule has 1 N–H and O–H groups in total. The fourth-order valence-corrected chi connectivity index (χ4v) is 3.39. The molecule has 0 aliphatic heterocycles. The first-order valence-electron chi connectivity index (χ1n) is 9.83. The van der Waals surface area contributed by atoms with Gasteiger partial charge in [-0.3, -0.25) is 0 Å². The maximum absolute atomic E-state index is 12.8. The molecule has 0 unspecified atom stereocenters. The molecule has 1 aromatic heterocycles. The van der Waals surface area contributed by atoms with E-state index < -0.39 is 11.7 Å². The Hall–Kier alpha value is -3.54. The van der Waals surface area contributed by atoms with Gasteiger partial charge in [0.2, 0.25) is 0 Å². The zero-order valence-corrected chi connectivity index (χ0v) is 17.1. The van der Waals surface area contributed by atoms with E-state index in [-0.39, 0.29) is 0 Å². The Morgan fingerprint density at radius 3 is 2.19 bits per heavy atom. The van der Waals surface area contributed by atoms with E-state index >= 15 is 0 Å². The van der Waals surface area contributed by atoms with Crippen molar-refractivity contribution in [2.24, 2.45) is 0 Å². The molecular formula is C25H21F3N2O. The van der Waals surface area contributed by atoms with E-state index in [1.165, 1.54) is 12.1 Å². The lowest BCUT2D eigenvalue weighted by Gasteiger charge is -2.10. The summed E-state index contributed by atoms with van der Waals surface area (Å²) in [5, 5.41) is 0. The zero-order valence-electron chi connectivity index (χ0n) is 17.1. The van der Waals surface area contributed by atoms with Gasteiger partial charge in [0, 0.05) is 16.8 Å². The Balaban J connectivity index is 1.55. The van der Waals surface area contributed by atoms with Crippen LogP contribution in [0.25, 0.3) is 22.6 Å². The molecule has 158 valence electrons. The van der Waals surface area contributed by atoms with Gasteiger partial charge in [0.15, 0.2) is 0 Å². The number of aromatic nitrogens is 2. The molecule has 3 aromatic carbocycles. The quantitative estimate of drug-likeness (QED) is 0.378. The van der Waals surface area contributed by atoms with E-state index in [0.29, 0.717) is 18.0 Å². The summed E-state index contributed by atoms with van der Waals surface area (Å²) in [5.74, 6) is 1.33. The van der Waals surface area contributed by atoms with Crippen LogP contribution in [-0.4, -0.2) is 9.97 Å². The molecule has 0 aliphatic rings. The summed E-state index contributed by atoms with van der Waals surface area (Å²) in [4.78, 5) is 7.80. The number of H-pyrrole nitrogens is 1. The highest BCUT2D eigenvalue weighted by Crippen LogP contribution is 2.32. The van der Waals surface area contributed by atoms with Crippen molar-refractivity contribution in [1.29, 1.82) is 0 Å². The number of aryl methyl sites for hydroxylation is 2. The molecule has 6 heteroatoms. The van der Waals surface area contributed by atoms with E-state index in [2.05, 4.69) is 9.97 Å². The third kappa shape index (κ3) is 4.63. The smallest absolute Gasteiger partial charge is 0.416 e. The van der Waals surface area contributed by atoms with Crippen molar-refractivity contribution in [1.82, 2.24) is 9.97 Å². The van der Waals surface area contributed by atoms with Crippen molar-refractivity contribution in [3.8, 4) is 28.4 Å². The fourth-order valence-electron chi connectivity index (χ4n) is 3.39. The molecule has 0 amide bonds. The van der Waals surface area contributed by atoms with Gasteiger partial charge >= 0.3 is 6.18 Å². The Kier molecular flexibility index (Phi) is 5.55. The van der Waals surface area contributed by atoms with Crippen molar-refractivity contribution >= 4 is 0 Å². The first-order valence-corrected chi connectivity index (χ1v) is 9.83. The molecule has 31 heavy (non-hydrogen) atoms. The molecule has 0 atom stereocenters. The second kappa shape index (κ2) is 8.30. The molecule has 1 heterocycles. The van der Waals surface area contributed by atoms with Crippen LogP contribution in [0.3, 0.4) is 0 Å². The minimum absolute atomic E-state index is 0.487. The monoisotopic (exact) mass is 422 g/mol. The van der Waals surface area contributed by atoms with Crippen LogP contribution in [0.1, 0.15) is 22.4 Å². The van der Waals surface area contributed by atoms with Crippen molar-refractivity contribution < 1.29 is 17.9 Å². The summed E-state index contributed by atoms with van der Waals surface area (Å²) in [5.41, 5.74) is 4.50. The van der Waals surface area contributed by atoms with Crippen LogP contribution >= 0.6 is 0 Å². The molecule has 4 aromatic rings. The predicted octanol–water partition coefficient (Wildman–Crippen LogP) is 6.96. The average Bonchev–Trinajstić information content (AvgIpc) is 3.15. The van der Waals surface area contributed by atoms with Gasteiger partial charge in [0.05, 0.1) is 11.3 Å². The molecule has 4 rings (SSSR count). The molecule has 0 aliphatic carbocycles. The Morgan fingerprint density at radius 1 is 0.871 bits per heavy atom. The van der Waals surface area contributed by atoms with Crippen LogP contribution in [0.15, 0.2) is 72.8 Å². The van der Waals surface area contributed by atoms with Crippen molar-refractivity contribution in [3.63, 3.8) is 0 Å². The Morgan fingerprint density at radius 2 is 1.55 bits per heavy atom. The highest BCUT2D eigenvalue weighted by molar-refractivity contribution is 5.68. The average molecular weight is 422 g/mol. The number of nitrogens with zero attached hydrogens (tertiary/aromatic N) is 1. The summed E-state index contributed by atoms with van der Waals surface area (Å²) in [6.45, 7) is 4.36. The molecular weight excluding hydrogens is 401 g/mol. The molecule has 0 bridgehead atoms. The standard InChI is InChI=1S/C25H21F3N2O/c1-16-14-20(10-13-22(16)31-15-18-6-4-3-5-7-18)23-17(2)29-24(30-23)19-8-11-21(12-9-19)25(26,27)28/h3-14H,15H2,1-2H3,(H,29,30). The Labute approximate surface area is 178 Å². The molecule has 0 saturated heterocycles. The largest absolute Gasteiger partial charge is 0.489 e. The summed E-state index contributed by atoms with van der Waals surface area (Å²) < 4.78 is 44.3. The zero-order chi connectivity index (χ0) is 22.0. The van der Waals surface area contributed by atoms with E-state index in [1.54, 1.807) is 0 Å². The second-order valence-corrected chi connectivity index (χ2v) is 7.39. The highest BCUT2D eigenvalue weighted by Gasteiger charge is 2.30. The van der Waals surface area contributed by atoms with Gasteiger partial charge in [-0.1, -0.05) is 42.5 Å². The topological polar surface area (TPSA) is 37.9 Å². The van der Waals surface area contributed by atoms with E-state index in [1.807, 2.05) is 62.4 Å². The van der Waals surface area contributed by atoms with Gasteiger partial charge in [0.25, 0.3) is 0 Å². The van der Waals surface area contributed by atoms with Gasteiger partial charge in [-0.25, -0.2) is 4.98 Å². The van der Waals surface area contributed by atoms with Gasteiger partial charge in [-0.2, -0.15) is 13.2 Å². The summed E-state index contributed by atoms with van der Waals surface area (Å²) in [6, 6.07) is 20.8. The summed E-state index contributed by atoms with van der Waals surface area (Å²) in [7, 11) is 0. The number of aromatic amines is 1. The number of ether oxygens (including phenoxy) is 1. The van der Waals surface area contributed by atoms with Crippen LogP contribution in [-0.2, 0) is 12.8 Å². The highest BCUT2D eigenvalue weighted by atomic mass is 19.4. The molecule has 0 saturated carbocycles. The molecule has 3 nitrogen and oxygen atoms in total. The fraction of sp³-hybridized carbons (Fsp3) is 0.160. The Bertz CT molecular complexity index is 1180. The first kappa shape index (κ1) is 20.7. The lowest BCUT2D eigenvalue weighted by molar-refractivity contribution is -0.137. The van der Waals surface area contributed by atoms with Crippen molar-refractivity contribution in [2.45, 2.75) is 26.6 Å². The number of imidazole rings is 1. The molecule has 0 spiro atoms. The minimum atomic E-state index is -4.36. The van der Waals surface area contributed by atoms with Crippen LogP contribution in [0.2, 0.25) is 0 Å². The number of alkyl halides is 3. The van der Waals surface area contributed by atoms with Crippen LogP contribution in [0.5, 0.6) is 5.75 Å². The molecule has 0 radical (unpaired) electrons. The number of hydrogen-bond donors (Lipinski definition) is 1. The van der Waals surface area contributed by atoms with E-state index in [4.69, 9.17) is 4.74 Å². The number of nitrogens with one attached hydrogen (secondary N) is 1. The van der Waals surface area contributed by atoms with Crippen LogP contribution in [0, 0.1) is 13.8 Å². The van der Waals surface area contributed by atoms with Gasteiger partial charge in [-0.05, 0) is 55.3 Å². The van der Waals surface area contributed by atoms with Crippen LogP contribution in [0.4, 0.5) is 13.2 Å². The first-order chi connectivity index (χ1) is 14.8. The number of rotatable bonds is 5. The third-order valence-corrected chi connectivity index (χ3v) is 5.06. The summed E-state index contributed by atoms with van der Waals surface area (Å²) in [6.07, 6.45) is -4.36. The number of halogens is 3. The van der Waals surface area contributed by atoms with Gasteiger partial charge < -0.3 is 9.72 Å². The van der Waals surface area contributed by atoms with Crippen molar-refractivity contribution in [3.05, 3.63) is 95.2 Å². The second-order valence-electron chi connectivity index (χ2n) is 7.39.